The van der Waals surface area contributed by atoms with Crippen LogP contribution in [0.5, 0.6) is 5.75 Å². The number of amides is 1. The van der Waals surface area contributed by atoms with Crippen LogP contribution in [-0.2, 0) is 11.2 Å². The van der Waals surface area contributed by atoms with Crippen molar-refractivity contribution in [1.29, 1.82) is 0 Å². The molecule has 0 bridgehead atoms. The maximum Gasteiger partial charge on any atom is 0.220 e. The fraction of sp³-hybridized carbons (Fsp3) is 0.588. The molecule has 21 heavy (non-hydrogen) atoms. The van der Waals surface area contributed by atoms with Gasteiger partial charge in [-0.1, -0.05) is 25.0 Å². The second kappa shape index (κ2) is 7.46. The highest BCUT2D eigenvalue weighted by Crippen LogP contribution is 2.28. The first-order valence-corrected chi connectivity index (χ1v) is 7.82. The van der Waals surface area contributed by atoms with E-state index in [1.165, 1.54) is 0 Å². The molecular formula is C17H25NO3. The summed E-state index contributed by atoms with van der Waals surface area (Å²) in [5.41, 5.74) is 0.447. The smallest absolute Gasteiger partial charge is 0.220 e. The van der Waals surface area contributed by atoms with E-state index in [4.69, 9.17) is 4.74 Å². The predicted molar refractivity (Wildman–Crippen MR) is 82.4 cm³/mol. The van der Waals surface area contributed by atoms with Gasteiger partial charge in [-0.15, -0.1) is 0 Å². The molecule has 1 aromatic rings. The van der Waals surface area contributed by atoms with Gasteiger partial charge in [-0.05, 0) is 43.9 Å². The van der Waals surface area contributed by atoms with Gasteiger partial charge >= 0.3 is 0 Å². The molecule has 0 aromatic heterocycles. The molecule has 2 N–H and O–H groups in total. The number of benzene rings is 1. The van der Waals surface area contributed by atoms with Crippen molar-refractivity contribution in [2.24, 2.45) is 0 Å². The van der Waals surface area contributed by atoms with E-state index in [0.29, 0.717) is 26.0 Å². The maximum atomic E-state index is 11.8. The average molecular weight is 291 g/mol. The summed E-state index contributed by atoms with van der Waals surface area (Å²) in [5.74, 6) is 0.860. The highest BCUT2D eigenvalue weighted by Gasteiger charge is 2.31. The molecule has 1 aliphatic rings. The van der Waals surface area contributed by atoms with Gasteiger partial charge in [0.1, 0.15) is 5.75 Å². The number of aliphatic hydroxyl groups is 1. The van der Waals surface area contributed by atoms with Gasteiger partial charge in [0.15, 0.2) is 0 Å². The van der Waals surface area contributed by atoms with Crippen LogP contribution in [-0.4, -0.2) is 29.8 Å². The Morgan fingerprint density at radius 2 is 1.95 bits per heavy atom. The molecule has 0 aliphatic heterocycles. The molecule has 2 rings (SSSR count). The van der Waals surface area contributed by atoms with Gasteiger partial charge < -0.3 is 15.2 Å². The number of carbonyl (C=O) groups excluding carboxylic acids is 1. The summed E-state index contributed by atoms with van der Waals surface area (Å²) < 4.78 is 5.39. The highest BCUT2D eigenvalue weighted by atomic mass is 16.5. The lowest BCUT2D eigenvalue weighted by atomic mass is 10.0. The molecule has 0 unspecified atom stereocenters. The van der Waals surface area contributed by atoms with E-state index < -0.39 is 5.60 Å². The van der Waals surface area contributed by atoms with Crippen LogP contribution < -0.4 is 10.1 Å². The van der Waals surface area contributed by atoms with Crippen LogP contribution in [0.4, 0.5) is 0 Å². The maximum absolute atomic E-state index is 11.8. The van der Waals surface area contributed by atoms with Crippen LogP contribution in [0.3, 0.4) is 0 Å². The molecule has 4 nitrogen and oxygen atoms in total. The lowest BCUT2D eigenvalue weighted by Crippen LogP contribution is -2.40. The number of ether oxygens (including phenoxy) is 1. The molecule has 1 saturated carbocycles. The number of hydrogen-bond donors (Lipinski definition) is 2. The SMILES string of the molecule is CCOc1ccc(CCC(=O)NCC2(O)CCCC2)cc1. The summed E-state index contributed by atoms with van der Waals surface area (Å²) in [6.07, 6.45) is 4.86. The molecule has 116 valence electrons. The molecule has 0 saturated heterocycles. The molecule has 1 aliphatic carbocycles. The van der Waals surface area contributed by atoms with Gasteiger partial charge in [-0.3, -0.25) is 4.79 Å². The average Bonchev–Trinajstić information content (AvgIpc) is 2.92. The minimum Gasteiger partial charge on any atom is -0.494 e. The highest BCUT2D eigenvalue weighted by molar-refractivity contribution is 5.76. The van der Waals surface area contributed by atoms with E-state index in [1.54, 1.807) is 0 Å². The Bertz CT molecular complexity index is 450. The molecule has 0 spiro atoms. The van der Waals surface area contributed by atoms with Crippen molar-refractivity contribution >= 4 is 5.91 Å². The first-order valence-electron chi connectivity index (χ1n) is 7.82. The van der Waals surface area contributed by atoms with E-state index in [-0.39, 0.29) is 5.91 Å². The summed E-state index contributed by atoms with van der Waals surface area (Å²) in [6.45, 7) is 3.00. The number of aryl methyl sites for hydroxylation is 1. The molecule has 0 radical (unpaired) electrons. The van der Waals surface area contributed by atoms with Crippen molar-refractivity contribution < 1.29 is 14.6 Å². The number of nitrogens with one attached hydrogen (secondary N) is 1. The van der Waals surface area contributed by atoms with Crippen LogP contribution in [0.15, 0.2) is 24.3 Å². The third kappa shape index (κ3) is 5.05. The van der Waals surface area contributed by atoms with Gasteiger partial charge in [0.05, 0.1) is 12.2 Å². The number of hydrogen-bond acceptors (Lipinski definition) is 3. The summed E-state index contributed by atoms with van der Waals surface area (Å²) in [7, 11) is 0. The summed E-state index contributed by atoms with van der Waals surface area (Å²) in [6, 6.07) is 7.83. The first-order chi connectivity index (χ1) is 10.1. The topological polar surface area (TPSA) is 58.6 Å². The van der Waals surface area contributed by atoms with Crippen LogP contribution in [0.25, 0.3) is 0 Å². The van der Waals surface area contributed by atoms with Gasteiger partial charge in [0.2, 0.25) is 5.91 Å². The molecule has 0 atom stereocenters. The van der Waals surface area contributed by atoms with Crippen LogP contribution in [0.1, 0.15) is 44.6 Å². The summed E-state index contributed by atoms with van der Waals surface area (Å²) in [5, 5.41) is 13.0. The van der Waals surface area contributed by atoms with E-state index >= 15 is 0 Å². The van der Waals surface area contributed by atoms with E-state index in [2.05, 4.69) is 5.32 Å². The zero-order chi connectivity index (χ0) is 15.1. The van der Waals surface area contributed by atoms with E-state index in [9.17, 15) is 9.90 Å². The van der Waals surface area contributed by atoms with Gasteiger partial charge in [-0.25, -0.2) is 0 Å². The zero-order valence-electron chi connectivity index (χ0n) is 12.7. The minimum absolute atomic E-state index is 0.00390. The standard InChI is InChI=1S/C17H25NO3/c1-2-21-15-8-5-14(6-9-15)7-10-16(19)18-13-17(20)11-3-4-12-17/h5-6,8-9,20H,2-4,7,10-13H2,1H3,(H,18,19). The van der Waals surface area contributed by atoms with Crippen LogP contribution in [0.2, 0.25) is 0 Å². The summed E-state index contributed by atoms with van der Waals surface area (Å²) in [4.78, 5) is 11.8. The van der Waals surface area contributed by atoms with Crippen molar-refractivity contribution in [2.75, 3.05) is 13.2 Å². The Kier molecular flexibility index (Phi) is 5.62. The van der Waals surface area contributed by atoms with Crippen molar-refractivity contribution in [3.63, 3.8) is 0 Å². The Morgan fingerprint density at radius 3 is 2.57 bits per heavy atom. The molecule has 0 heterocycles. The van der Waals surface area contributed by atoms with Crippen LogP contribution in [0, 0.1) is 0 Å². The fourth-order valence-electron chi connectivity index (χ4n) is 2.74. The summed E-state index contributed by atoms with van der Waals surface area (Å²) >= 11 is 0. The Labute approximate surface area is 126 Å². The second-order valence-corrected chi connectivity index (χ2v) is 5.79. The minimum atomic E-state index is -0.672. The normalized spacial score (nSPS) is 16.7. The van der Waals surface area contributed by atoms with Gasteiger partial charge in [0, 0.05) is 13.0 Å². The largest absolute Gasteiger partial charge is 0.494 e. The molecule has 1 amide bonds. The Balaban J connectivity index is 1.70. The van der Waals surface area contributed by atoms with Crippen molar-refractivity contribution in [1.82, 2.24) is 5.32 Å². The van der Waals surface area contributed by atoms with Gasteiger partial charge in [0.25, 0.3) is 0 Å². The molecule has 1 fully saturated rings. The fourth-order valence-corrected chi connectivity index (χ4v) is 2.74. The van der Waals surface area contributed by atoms with Crippen molar-refractivity contribution in [3.8, 4) is 5.75 Å². The van der Waals surface area contributed by atoms with Gasteiger partial charge in [-0.2, -0.15) is 0 Å². The Hall–Kier alpha value is -1.55. The van der Waals surface area contributed by atoms with Crippen molar-refractivity contribution in [3.05, 3.63) is 29.8 Å². The van der Waals surface area contributed by atoms with Crippen molar-refractivity contribution in [2.45, 2.75) is 51.0 Å². The van der Waals surface area contributed by atoms with Crippen LogP contribution >= 0.6 is 0 Å². The number of carbonyl (C=O) groups is 1. The molecular weight excluding hydrogens is 266 g/mol. The second-order valence-electron chi connectivity index (χ2n) is 5.79. The molecule has 4 heteroatoms. The number of rotatable bonds is 7. The third-order valence-electron chi connectivity index (χ3n) is 4.02. The lowest BCUT2D eigenvalue weighted by molar-refractivity contribution is -0.122. The predicted octanol–water partition coefficient (Wildman–Crippen LogP) is 2.44. The quantitative estimate of drug-likeness (QED) is 0.811. The Morgan fingerprint density at radius 1 is 1.29 bits per heavy atom. The monoisotopic (exact) mass is 291 g/mol. The first kappa shape index (κ1) is 15.8. The van der Waals surface area contributed by atoms with E-state index in [1.807, 2.05) is 31.2 Å². The third-order valence-corrected chi connectivity index (χ3v) is 4.02. The molecule has 1 aromatic carbocycles. The zero-order valence-corrected chi connectivity index (χ0v) is 12.7. The van der Waals surface area contributed by atoms with E-state index in [0.717, 1.165) is 37.0 Å². The lowest BCUT2D eigenvalue weighted by Gasteiger charge is -2.22.